The third-order valence-corrected chi connectivity index (χ3v) is 5.63. The molecule has 0 saturated heterocycles. The Morgan fingerprint density at radius 2 is 2.00 bits per heavy atom. The van der Waals surface area contributed by atoms with Crippen molar-refractivity contribution in [2.75, 3.05) is 20.8 Å². The predicted octanol–water partition coefficient (Wildman–Crippen LogP) is 3.53. The zero-order valence-corrected chi connectivity index (χ0v) is 18.4. The third-order valence-electron chi connectivity index (χ3n) is 5.63. The van der Waals surface area contributed by atoms with E-state index >= 15 is 0 Å². The number of rotatable bonds is 6. The van der Waals surface area contributed by atoms with Crippen molar-refractivity contribution < 1.29 is 9.47 Å². The van der Waals surface area contributed by atoms with E-state index in [9.17, 15) is 4.79 Å². The maximum absolute atomic E-state index is 12.5. The summed E-state index contributed by atoms with van der Waals surface area (Å²) < 4.78 is 10.8. The van der Waals surface area contributed by atoms with Crippen LogP contribution in [-0.4, -0.2) is 40.6 Å². The zero-order valence-electron chi connectivity index (χ0n) is 18.4. The highest BCUT2D eigenvalue weighted by atomic mass is 16.5. The van der Waals surface area contributed by atoms with Crippen molar-refractivity contribution in [2.24, 2.45) is 0 Å². The van der Waals surface area contributed by atoms with Gasteiger partial charge < -0.3 is 14.5 Å². The van der Waals surface area contributed by atoms with Crippen LogP contribution in [0.1, 0.15) is 42.4 Å². The van der Waals surface area contributed by atoms with Crippen molar-refractivity contribution in [3.05, 3.63) is 69.5 Å². The van der Waals surface area contributed by atoms with E-state index in [0.717, 1.165) is 64.9 Å². The van der Waals surface area contributed by atoms with Crippen LogP contribution in [0.15, 0.2) is 41.3 Å². The summed E-state index contributed by atoms with van der Waals surface area (Å²) in [5.74, 6) is 2.49. The van der Waals surface area contributed by atoms with E-state index < -0.39 is 0 Å². The molecule has 7 nitrogen and oxygen atoms in total. The number of methoxy groups -OCH3 is 2. The number of hydrogen-bond donors (Lipinski definition) is 1. The minimum absolute atomic E-state index is 0.0167. The smallest absolute Gasteiger partial charge is 0.255 e. The lowest BCUT2D eigenvalue weighted by Gasteiger charge is -2.28. The molecule has 1 aliphatic rings. The first-order valence-corrected chi connectivity index (χ1v) is 10.5. The molecule has 3 aromatic rings. The normalized spacial score (nSPS) is 13.8. The van der Waals surface area contributed by atoms with Gasteiger partial charge in [0.25, 0.3) is 5.56 Å². The Labute approximate surface area is 182 Å². The molecule has 3 heterocycles. The second kappa shape index (κ2) is 8.89. The van der Waals surface area contributed by atoms with Crippen LogP contribution in [0.4, 0.5) is 0 Å². The van der Waals surface area contributed by atoms with Crippen molar-refractivity contribution >= 4 is 0 Å². The summed E-state index contributed by atoms with van der Waals surface area (Å²) >= 11 is 0. The number of ether oxygens (including phenoxy) is 2. The average molecular weight is 421 g/mol. The lowest BCUT2D eigenvalue weighted by atomic mass is 10.0. The van der Waals surface area contributed by atoms with Crippen molar-refractivity contribution in [3.63, 3.8) is 0 Å². The van der Waals surface area contributed by atoms with E-state index in [1.807, 2.05) is 44.3 Å². The van der Waals surface area contributed by atoms with Crippen LogP contribution in [0.2, 0.25) is 0 Å². The fourth-order valence-electron chi connectivity index (χ4n) is 3.86. The van der Waals surface area contributed by atoms with Gasteiger partial charge in [-0.25, -0.2) is 4.98 Å². The molecule has 0 saturated carbocycles. The molecule has 2 aromatic heterocycles. The monoisotopic (exact) mass is 420 g/mol. The molecular formula is C24H28N4O3. The number of hydrogen-bond acceptors (Lipinski definition) is 6. The summed E-state index contributed by atoms with van der Waals surface area (Å²) in [6.45, 7) is 6.27. The Kier molecular flexibility index (Phi) is 6.04. The van der Waals surface area contributed by atoms with Gasteiger partial charge in [0.15, 0.2) is 0 Å². The molecule has 0 radical (unpaired) electrons. The number of aromatic amines is 1. The number of pyridine rings is 1. The van der Waals surface area contributed by atoms with E-state index in [-0.39, 0.29) is 11.5 Å². The van der Waals surface area contributed by atoms with Crippen LogP contribution in [0.3, 0.4) is 0 Å². The van der Waals surface area contributed by atoms with E-state index in [1.54, 1.807) is 14.2 Å². The zero-order chi connectivity index (χ0) is 22.0. The summed E-state index contributed by atoms with van der Waals surface area (Å²) in [6, 6.07) is 9.73. The van der Waals surface area contributed by atoms with Crippen molar-refractivity contribution in [2.45, 2.75) is 39.3 Å². The molecule has 0 fully saturated rings. The quantitative estimate of drug-likeness (QED) is 0.657. The SMILES string of the molecule is COc1ccc(OC)c(-c2ccc(CN3CCc4nc(C(C)C)[nH]c(=O)c4C3)cn2)c1. The maximum atomic E-state index is 12.5. The summed E-state index contributed by atoms with van der Waals surface area (Å²) in [5, 5.41) is 0. The molecule has 0 amide bonds. The number of nitrogens with one attached hydrogen (secondary N) is 1. The second-order valence-electron chi connectivity index (χ2n) is 8.11. The Balaban J connectivity index is 1.50. The Morgan fingerprint density at radius 1 is 1.16 bits per heavy atom. The molecular weight excluding hydrogens is 392 g/mol. The molecule has 4 rings (SSSR count). The fourth-order valence-corrected chi connectivity index (χ4v) is 3.86. The minimum Gasteiger partial charge on any atom is -0.497 e. The van der Waals surface area contributed by atoms with Crippen LogP contribution in [-0.2, 0) is 19.5 Å². The standard InChI is InChI=1S/C24H28N4O3/c1-15(2)23-26-21-9-10-28(14-19(21)24(29)27-23)13-16-5-7-20(25-12-16)18-11-17(30-3)6-8-22(18)31-4/h5-8,11-12,15H,9-10,13-14H2,1-4H3,(H,26,27,29). The molecule has 0 bridgehead atoms. The molecule has 0 atom stereocenters. The summed E-state index contributed by atoms with van der Waals surface area (Å²) in [5.41, 5.74) is 4.50. The van der Waals surface area contributed by atoms with Crippen LogP contribution in [0.25, 0.3) is 11.3 Å². The molecule has 0 spiro atoms. The second-order valence-corrected chi connectivity index (χ2v) is 8.11. The number of fused-ring (bicyclic) bond motifs is 1. The first-order valence-electron chi connectivity index (χ1n) is 10.5. The van der Waals surface area contributed by atoms with Crippen molar-refractivity contribution in [1.29, 1.82) is 0 Å². The van der Waals surface area contributed by atoms with Crippen LogP contribution >= 0.6 is 0 Å². The van der Waals surface area contributed by atoms with Crippen molar-refractivity contribution in [3.8, 4) is 22.8 Å². The van der Waals surface area contributed by atoms with Crippen LogP contribution in [0, 0.1) is 0 Å². The Bertz CT molecular complexity index is 1120. The highest BCUT2D eigenvalue weighted by Gasteiger charge is 2.22. The van der Waals surface area contributed by atoms with Crippen molar-refractivity contribution in [1.82, 2.24) is 19.9 Å². The molecule has 162 valence electrons. The fraction of sp³-hybridized carbons (Fsp3) is 0.375. The van der Waals surface area contributed by atoms with Crippen LogP contribution < -0.4 is 15.0 Å². The van der Waals surface area contributed by atoms with E-state index in [1.165, 1.54) is 0 Å². The van der Waals surface area contributed by atoms with Crippen LogP contribution in [0.5, 0.6) is 11.5 Å². The van der Waals surface area contributed by atoms with Gasteiger partial charge in [0.2, 0.25) is 0 Å². The summed E-state index contributed by atoms with van der Waals surface area (Å²) in [4.78, 5) is 27.1. The first kappa shape index (κ1) is 21.1. The highest BCUT2D eigenvalue weighted by Crippen LogP contribution is 2.32. The molecule has 1 aromatic carbocycles. The minimum atomic E-state index is -0.0167. The molecule has 0 unspecified atom stereocenters. The van der Waals surface area contributed by atoms with Gasteiger partial charge >= 0.3 is 0 Å². The largest absolute Gasteiger partial charge is 0.497 e. The van der Waals surface area contributed by atoms with Gasteiger partial charge in [0.05, 0.1) is 31.2 Å². The van der Waals surface area contributed by atoms with E-state index in [0.29, 0.717) is 6.54 Å². The third kappa shape index (κ3) is 4.46. The van der Waals surface area contributed by atoms with Gasteiger partial charge in [-0.05, 0) is 29.8 Å². The maximum Gasteiger partial charge on any atom is 0.255 e. The molecule has 1 aliphatic heterocycles. The van der Waals surface area contributed by atoms with E-state index in [4.69, 9.17) is 9.47 Å². The van der Waals surface area contributed by atoms with Gasteiger partial charge in [0.1, 0.15) is 17.3 Å². The molecule has 7 heteroatoms. The predicted molar refractivity (Wildman–Crippen MR) is 120 cm³/mol. The van der Waals surface area contributed by atoms with Gasteiger partial charge in [-0.3, -0.25) is 14.7 Å². The Hall–Kier alpha value is -3.19. The Morgan fingerprint density at radius 3 is 2.68 bits per heavy atom. The number of benzene rings is 1. The lowest BCUT2D eigenvalue weighted by Crippen LogP contribution is -2.36. The molecule has 0 aliphatic carbocycles. The van der Waals surface area contributed by atoms with Gasteiger partial charge in [-0.15, -0.1) is 0 Å². The van der Waals surface area contributed by atoms with Gasteiger partial charge in [0, 0.05) is 43.7 Å². The molecule has 1 N–H and O–H groups in total. The summed E-state index contributed by atoms with van der Waals surface area (Å²) in [7, 11) is 3.29. The molecule has 31 heavy (non-hydrogen) atoms. The van der Waals surface area contributed by atoms with Gasteiger partial charge in [-0.1, -0.05) is 19.9 Å². The summed E-state index contributed by atoms with van der Waals surface area (Å²) in [6.07, 6.45) is 2.67. The number of H-pyrrole nitrogens is 1. The van der Waals surface area contributed by atoms with E-state index in [2.05, 4.69) is 25.9 Å². The highest BCUT2D eigenvalue weighted by molar-refractivity contribution is 5.69. The van der Waals surface area contributed by atoms with Gasteiger partial charge in [-0.2, -0.15) is 0 Å². The number of aromatic nitrogens is 3. The first-order chi connectivity index (χ1) is 15.0. The topological polar surface area (TPSA) is 80.3 Å². The average Bonchev–Trinajstić information content (AvgIpc) is 2.79. The number of nitrogens with zero attached hydrogens (tertiary/aromatic N) is 3. The lowest BCUT2D eigenvalue weighted by molar-refractivity contribution is 0.241.